The normalized spacial score (nSPS) is 23.0. The van der Waals surface area contributed by atoms with E-state index in [0.717, 1.165) is 38.8 Å². The first kappa shape index (κ1) is 26.3. The number of halogens is 5. The molecule has 3 rings (SSSR count). The van der Waals surface area contributed by atoms with Gasteiger partial charge in [0.15, 0.2) is 0 Å². The average Bonchev–Trinajstić information content (AvgIpc) is 3.07. The van der Waals surface area contributed by atoms with Crippen LogP contribution in [0, 0.1) is 0 Å². The zero-order chi connectivity index (χ0) is 19.5. The maximum Gasteiger partial charge on any atom is 0.573 e. The summed E-state index contributed by atoms with van der Waals surface area (Å²) in [6, 6.07) is 6.57. The van der Waals surface area contributed by atoms with Crippen molar-refractivity contribution < 1.29 is 23.0 Å². The molecular formula is C20H31Cl2F3N2O2. The standard InChI is InChI=1S/C20H29F3N2O2.2ClH/c1-24-16-8-11-25(13-16)14-18(19(26)9-3-2-4-10-19)15-6-5-7-17(12-15)27-20(21,22)23;;/h5-7,12,16,18,24,26H,2-4,8-11,13-14H2,1H3;2*1H. The van der Waals surface area contributed by atoms with Crippen LogP contribution in [0.3, 0.4) is 0 Å². The van der Waals surface area contributed by atoms with Gasteiger partial charge < -0.3 is 20.1 Å². The Morgan fingerprint density at radius 1 is 1.24 bits per heavy atom. The van der Waals surface area contributed by atoms with Crippen LogP contribution in [0.1, 0.15) is 50.0 Å². The lowest BCUT2D eigenvalue weighted by Gasteiger charge is -2.41. The van der Waals surface area contributed by atoms with Crippen molar-refractivity contribution in [3.63, 3.8) is 0 Å². The number of ether oxygens (including phenoxy) is 1. The van der Waals surface area contributed by atoms with E-state index in [1.165, 1.54) is 12.1 Å². The number of aliphatic hydroxyl groups is 1. The highest BCUT2D eigenvalue weighted by Crippen LogP contribution is 2.41. The molecule has 2 N–H and O–H groups in total. The lowest BCUT2D eigenvalue weighted by atomic mass is 9.72. The van der Waals surface area contributed by atoms with Crippen molar-refractivity contribution in [1.29, 1.82) is 0 Å². The third kappa shape index (κ3) is 7.17. The van der Waals surface area contributed by atoms with Gasteiger partial charge in [0, 0.05) is 25.0 Å². The van der Waals surface area contributed by atoms with Crippen LogP contribution in [0.15, 0.2) is 24.3 Å². The quantitative estimate of drug-likeness (QED) is 0.658. The smallest absolute Gasteiger partial charge is 0.406 e. The van der Waals surface area contributed by atoms with Gasteiger partial charge in [0.1, 0.15) is 5.75 Å². The molecule has 2 fully saturated rings. The first-order valence-corrected chi connectivity index (χ1v) is 9.77. The molecule has 2 aliphatic rings. The Bertz CT molecular complexity index is 628. The number of likely N-dealkylation sites (tertiary alicyclic amines) is 1. The summed E-state index contributed by atoms with van der Waals surface area (Å²) >= 11 is 0. The second-order valence-corrected chi connectivity index (χ2v) is 7.87. The molecule has 1 aliphatic heterocycles. The van der Waals surface area contributed by atoms with Crippen LogP contribution in [0.2, 0.25) is 0 Å². The Labute approximate surface area is 183 Å². The summed E-state index contributed by atoms with van der Waals surface area (Å²) in [6.45, 7) is 2.46. The highest BCUT2D eigenvalue weighted by molar-refractivity contribution is 5.85. The minimum Gasteiger partial charge on any atom is -0.406 e. The Balaban J connectivity index is 0.00000210. The van der Waals surface area contributed by atoms with Gasteiger partial charge in [-0.25, -0.2) is 0 Å². The SMILES string of the molecule is CNC1CCN(CC(c2cccc(OC(F)(F)F)c2)C2(O)CCCCC2)C1.Cl.Cl. The predicted octanol–water partition coefficient (Wildman–Crippen LogP) is 4.50. The number of rotatable bonds is 6. The maximum absolute atomic E-state index is 12.6. The Kier molecular flexibility index (Phi) is 10.0. The third-order valence-corrected chi connectivity index (χ3v) is 5.98. The van der Waals surface area contributed by atoms with E-state index in [1.807, 2.05) is 13.1 Å². The number of benzene rings is 1. The molecule has 1 aromatic carbocycles. The molecule has 1 aliphatic carbocycles. The largest absolute Gasteiger partial charge is 0.573 e. The van der Waals surface area contributed by atoms with Crippen LogP contribution < -0.4 is 10.1 Å². The van der Waals surface area contributed by atoms with E-state index >= 15 is 0 Å². The van der Waals surface area contributed by atoms with Gasteiger partial charge in [-0.15, -0.1) is 38.0 Å². The van der Waals surface area contributed by atoms with E-state index in [-0.39, 0.29) is 36.5 Å². The molecule has 4 nitrogen and oxygen atoms in total. The number of nitrogens with zero attached hydrogens (tertiary/aromatic N) is 1. The van der Waals surface area contributed by atoms with Crippen molar-refractivity contribution in [3.05, 3.63) is 29.8 Å². The zero-order valence-corrected chi connectivity index (χ0v) is 18.2. The lowest BCUT2D eigenvalue weighted by molar-refractivity contribution is -0.274. The Morgan fingerprint density at radius 3 is 2.52 bits per heavy atom. The summed E-state index contributed by atoms with van der Waals surface area (Å²) in [5, 5.41) is 14.7. The monoisotopic (exact) mass is 458 g/mol. The molecule has 0 amide bonds. The van der Waals surface area contributed by atoms with Crippen LogP contribution in [0.4, 0.5) is 13.2 Å². The van der Waals surface area contributed by atoms with E-state index in [9.17, 15) is 18.3 Å². The first-order valence-electron chi connectivity index (χ1n) is 9.77. The van der Waals surface area contributed by atoms with Crippen LogP contribution in [0.25, 0.3) is 0 Å². The van der Waals surface area contributed by atoms with Crippen LogP contribution in [-0.4, -0.2) is 54.7 Å². The fourth-order valence-corrected chi connectivity index (χ4v) is 4.52. The zero-order valence-electron chi connectivity index (χ0n) is 16.6. The third-order valence-electron chi connectivity index (χ3n) is 5.98. The molecule has 29 heavy (non-hydrogen) atoms. The Morgan fingerprint density at radius 2 is 1.93 bits per heavy atom. The molecule has 0 aromatic heterocycles. The molecular weight excluding hydrogens is 428 g/mol. The van der Waals surface area contributed by atoms with Crippen molar-refractivity contribution in [3.8, 4) is 5.75 Å². The molecule has 0 bridgehead atoms. The van der Waals surface area contributed by atoms with Crippen molar-refractivity contribution in [2.45, 2.75) is 62.4 Å². The fourth-order valence-electron chi connectivity index (χ4n) is 4.52. The van der Waals surface area contributed by atoms with Gasteiger partial charge in [-0.1, -0.05) is 31.4 Å². The van der Waals surface area contributed by atoms with Crippen LogP contribution in [-0.2, 0) is 0 Å². The van der Waals surface area contributed by atoms with Gasteiger partial charge in [-0.2, -0.15) is 0 Å². The summed E-state index contributed by atoms with van der Waals surface area (Å²) in [4.78, 5) is 2.30. The molecule has 1 saturated heterocycles. The van der Waals surface area contributed by atoms with Crippen LogP contribution >= 0.6 is 24.8 Å². The summed E-state index contributed by atoms with van der Waals surface area (Å²) in [7, 11) is 1.94. The topological polar surface area (TPSA) is 44.7 Å². The summed E-state index contributed by atoms with van der Waals surface area (Å²) in [5.41, 5.74) is -0.165. The van der Waals surface area contributed by atoms with E-state index < -0.39 is 12.0 Å². The fraction of sp³-hybridized carbons (Fsp3) is 0.700. The first-order chi connectivity index (χ1) is 12.8. The second kappa shape index (κ2) is 11.0. The molecule has 2 atom stereocenters. The van der Waals surface area contributed by atoms with E-state index in [0.29, 0.717) is 31.0 Å². The van der Waals surface area contributed by atoms with Crippen molar-refractivity contribution in [2.24, 2.45) is 0 Å². The molecule has 2 unspecified atom stereocenters. The molecule has 1 saturated carbocycles. The number of nitrogens with one attached hydrogen (secondary N) is 1. The van der Waals surface area contributed by atoms with Crippen molar-refractivity contribution in [2.75, 3.05) is 26.7 Å². The minimum absolute atomic E-state index is 0. The molecule has 9 heteroatoms. The van der Waals surface area contributed by atoms with Gasteiger partial charge in [0.05, 0.1) is 5.60 Å². The van der Waals surface area contributed by atoms with E-state index in [1.54, 1.807) is 6.07 Å². The van der Waals surface area contributed by atoms with Crippen molar-refractivity contribution in [1.82, 2.24) is 10.2 Å². The maximum atomic E-state index is 12.6. The van der Waals surface area contributed by atoms with Gasteiger partial charge in [-0.3, -0.25) is 0 Å². The van der Waals surface area contributed by atoms with Gasteiger partial charge in [-0.05, 0) is 50.6 Å². The number of hydrogen-bond donors (Lipinski definition) is 2. The van der Waals surface area contributed by atoms with Gasteiger partial charge >= 0.3 is 6.36 Å². The molecule has 168 valence electrons. The molecule has 0 spiro atoms. The minimum atomic E-state index is -4.72. The highest BCUT2D eigenvalue weighted by atomic mass is 35.5. The number of likely N-dealkylation sites (N-methyl/N-ethyl adjacent to an activating group) is 1. The van der Waals surface area contributed by atoms with E-state index in [4.69, 9.17) is 0 Å². The number of hydrogen-bond acceptors (Lipinski definition) is 4. The lowest BCUT2D eigenvalue weighted by Crippen LogP contribution is -2.44. The number of alkyl halides is 3. The second-order valence-electron chi connectivity index (χ2n) is 7.87. The molecule has 1 heterocycles. The van der Waals surface area contributed by atoms with Crippen LogP contribution in [0.5, 0.6) is 5.75 Å². The summed E-state index contributed by atoms with van der Waals surface area (Å²) < 4.78 is 42.0. The molecule has 0 radical (unpaired) electrons. The van der Waals surface area contributed by atoms with Gasteiger partial charge in [0.2, 0.25) is 0 Å². The summed E-state index contributed by atoms with van der Waals surface area (Å²) in [6.07, 6.45) is 0.688. The van der Waals surface area contributed by atoms with Gasteiger partial charge in [0.25, 0.3) is 0 Å². The highest BCUT2D eigenvalue weighted by Gasteiger charge is 2.41. The predicted molar refractivity (Wildman–Crippen MR) is 112 cm³/mol. The Hall–Kier alpha value is -0.730. The summed E-state index contributed by atoms with van der Waals surface area (Å²) in [5.74, 6) is -0.455. The average molecular weight is 459 g/mol. The molecule has 1 aromatic rings. The van der Waals surface area contributed by atoms with E-state index in [2.05, 4.69) is 15.0 Å². The van der Waals surface area contributed by atoms with Crippen molar-refractivity contribution >= 4 is 24.8 Å².